The van der Waals surface area contributed by atoms with Crippen molar-refractivity contribution in [3.05, 3.63) is 12.4 Å². The molecule has 1 aromatic rings. The predicted octanol–water partition coefficient (Wildman–Crippen LogP) is 1.13. The molecule has 15 heavy (non-hydrogen) atoms. The van der Waals surface area contributed by atoms with E-state index in [2.05, 4.69) is 5.10 Å². The van der Waals surface area contributed by atoms with E-state index in [0.29, 0.717) is 13.2 Å². The molecule has 0 bridgehead atoms. The smallest absolute Gasteiger partial charge is 0.157 e. The SMILES string of the molecule is Oc1cnn(CCOC2CCCCO2)c1. The fourth-order valence-electron chi connectivity index (χ4n) is 1.60. The number of nitrogens with zero attached hydrogens (tertiary/aromatic N) is 2. The van der Waals surface area contributed by atoms with E-state index in [1.54, 1.807) is 10.9 Å². The molecule has 1 unspecified atom stereocenters. The summed E-state index contributed by atoms with van der Waals surface area (Å²) >= 11 is 0. The number of hydrogen-bond acceptors (Lipinski definition) is 4. The van der Waals surface area contributed by atoms with E-state index in [9.17, 15) is 0 Å². The minimum absolute atomic E-state index is 0.0529. The van der Waals surface area contributed by atoms with E-state index < -0.39 is 0 Å². The van der Waals surface area contributed by atoms with Crippen LogP contribution in [-0.4, -0.2) is 34.4 Å². The highest BCUT2D eigenvalue weighted by molar-refractivity contribution is 5.08. The lowest BCUT2D eigenvalue weighted by molar-refractivity contribution is -0.163. The van der Waals surface area contributed by atoms with E-state index in [4.69, 9.17) is 14.6 Å². The first-order chi connectivity index (χ1) is 7.34. The number of aromatic hydroxyl groups is 1. The van der Waals surface area contributed by atoms with Crippen LogP contribution in [0.1, 0.15) is 19.3 Å². The summed E-state index contributed by atoms with van der Waals surface area (Å²) in [4.78, 5) is 0. The third kappa shape index (κ3) is 3.21. The van der Waals surface area contributed by atoms with Gasteiger partial charge in [-0.15, -0.1) is 0 Å². The number of aromatic nitrogens is 2. The van der Waals surface area contributed by atoms with Gasteiger partial charge in [0, 0.05) is 6.61 Å². The second kappa shape index (κ2) is 5.14. The average molecular weight is 212 g/mol. The van der Waals surface area contributed by atoms with Gasteiger partial charge in [-0.25, -0.2) is 0 Å². The Balaban J connectivity index is 1.65. The van der Waals surface area contributed by atoms with Crippen LogP contribution in [-0.2, 0) is 16.0 Å². The fraction of sp³-hybridized carbons (Fsp3) is 0.700. The topological polar surface area (TPSA) is 56.5 Å². The average Bonchev–Trinajstić information content (AvgIpc) is 2.66. The first-order valence-corrected chi connectivity index (χ1v) is 5.29. The lowest BCUT2D eigenvalue weighted by Crippen LogP contribution is -2.24. The largest absolute Gasteiger partial charge is 0.505 e. The van der Waals surface area contributed by atoms with Gasteiger partial charge in [0.25, 0.3) is 0 Å². The highest BCUT2D eigenvalue weighted by atomic mass is 16.7. The van der Waals surface area contributed by atoms with Gasteiger partial charge >= 0.3 is 0 Å². The summed E-state index contributed by atoms with van der Waals surface area (Å²) < 4.78 is 12.6. The van der Waals surface area contributed by atoms with Gasteiger partial charge in [0.2, 0.25) is 0 Å². The van der Waals surface area contributed by atoms with Crippen molar-refractivity contribution in [3.63, 3.8) is 0 Å². The lowest BCUT2D eigenvalue weighted by Gasteiger charge is -2.22. The highest BCUT2D eigenvalue weighted by Gasteiger charge is 2.13. The van der Waals surface area contributed by atoms with E-state index in [-0.39, 0.29) is 12.0 Å². The van der Waals surface area contributed by atoms with Crippen LogP contribution >= 0.6 is 0 Å². The van der Waals surface area contributed by atoms with Crippen molar-refractivity contribution < 1.29 is 14.6 Å². The van der Waals surface area contributed by atoms with E-state index in [0.717, 1.165) is 19.4 Å². The van der Waals surface area contributed by atoms with Crippen molar-refractivity contribution in [2.45, 2.75) is 32.1 Å². The van der Waals surface area contributed by atoms with E-state index in [1.807, 2.05) is 0 Å². The van der Waals surface area contributed by atoms with Crippen LogP contribution < -0.4 is 0 Å². The molecule has 5 heteroatoms. The zero-order valence-electron chi connectivity index (χ0n) is 8.63. The molecule has 0 aromatic carbocycles. The monoisotopic (exact) mass is 212 g/mol. The van der Waals surface area contributed by atoms with Crippen molar-refractivity contribution in [3.8, 4) is 5.75 Å². The van der Waals surface area contributed by atoms with Crippen LogP contribution in [0, 0.1) is 0 Å². The molecule has 0 saturated carbocycles. The van der Waals surface area contributed by atoms with Gasteiger partial charge in [0.05, 0.1) is 25.5 Å². The minimum Gasteiger partial charge on any atom is -0.505 e. The van der Waals surface area contributed by atoms with E-state index >= 15 is 0 Å². The Morgan fingerprint density at radius 2 is 2.53 bits per heavy atom. The van der Waals surface area contributed by atoms with Crippen LogP contribution in [0.2, 0.25) is 0 Å². The first-order valence-electron chi connectivity index (χ1n) is 5.29. The number of rotatable bonds is 4. The number of ether oxygens (including phenoxy) is 2. The molecule has 0 aliphatic carbocycles. The van der Waals surface area contributed by atoms with Crippen LogP contribution in [0.4, 0.5) is 0 Å². The maximum Gasteiger partial charge on any atom is 0.157 e. The van der Waals surface area contributed by atoms with Crippen LogP contribution in [0.15, 0.2) is 12.4 Å². The predicted molar refractivity (Wildman–Crippen MR) is 53.4 cm³/mol. The summed E-state index contributed by atoms with van der Waals surface area (Å²) in [5, 5.41) is 13.0. The van der Waals surface area contributed by atoms with Crippen molar-refractivity contribution in [1.82, 2.24) is 9.78 Å². The first kappa shape index (κ1) is 10.4. The quantitative estimate of drug-likeness (QED) is 0.813. The van der Waals surface area contributed by atoms with Gasteiger partial charge in [-0.2, -0.15) is 5.10 Å². The molecule has 5 nitrogen and oxygen atoms in total. The van der Waals surface area contributed by atoms with Crippen LogP contribution in [0.25, 0.3) is 0 Å². The molecule has 2 rings (SSSR count). The molecule has 1 aliphatic rings. The van der Waals surface area contributed by atoms with Gasteiger partial charge in [-0.3, -0.25) is 4.68 Å². The van der Waals surface area contributed by atoms with Gasteiger partial charge < -0.3 is 14.6 Å². The second-order valence-electron chi connectivity index (χ2n) is 3.63. The Labute approximate surface area is 88.6 Å². The Morgan fingerprint density at radius 3 is 3.20 bits per heavy atom. The maximum atomic E-state index is 9.05. The Kier molecular flexibility index (Phi) is 3.58. The number of hydrogen-bond donors (Lipinski definition) is 1. The molecule has 0 spiro atoms. The molecule has 1 aliphatic heterocycles. The fourth-order valence-corrected chi connectivity index (χ4v) is 1.60. The van der Waals surface area contributed by atoms with E-state index in [1.165, 1.54) is 12.6 Å². The van der Waals surface area contributed by atoms with Gasteiger partial charge in [0.1, 0.15) is 0 Å². The summed E-state index contributed by atoms with van der Waals surface area (Å²) in [6.45, 7) is 2.00. The molecule has 1 N–H and O–H groups in total. The maximum absolute atomic E-state index is 9.05. The Bertz CT molecular complexity index is 295. The summed E-state index contributed by atoms with van der Waals surface area (Å²) in [6.07, 6.45) is 6.22. The third-order valence-corrected chi connectivity index (χ3v) is 2.38. The lowest BCUT2D eigenvalue weighted by atomic mass is 10.2. The zero-order valence-corrected chi connectivity index (χ0v) is 8.63. The molecule has 1 atom stereocenters. The van der Waals surface area contributed by atoms with Gasteiger partial charge in [-0.05, 0) is 19.3 Å². The highest BCUT2D eigenvalue weighted by Crippen LogP contribution is 2.13. The van der Waals surface area contributed by atoms with Crippen molar-refractivity contribution >= 4 is 0 Å². The minimum atomic E-state index is -0.0529. The Morgan fingerprint density at radius 1 is 1.60 bits per heavy atom. The molecule has 0 radical (unpaired) electrons. The molecular weight excluding hydrogens is 196 g/mol. The standard InChI is InChI=1S/C10H16N2O3/c13-9-7-11-12(8-9)4-6-15-10-3-1-2-5-14-10/h7-8,10,13H,1-6H2. The van der Waals surface area contributed by atoms with Crippen LogP contribution in [0.3, 0.4) is 0 Å². The summed E-state index contributed by atoms with van der Waals surface area (Å²) in [7, 11) is 0. The summed E-state index contributed by atoms with van der Waals surface area (Å²) in [5.41, 5.74) is 0. The second-order valence-corrected chi connectivity index (χ2v) is 3.63. The molecule has 2 heterocycles. The molecular formula is C10H16N2O3. The Hall–Kier alpha value is -1.07. The molecule has 84 valence electrons. The molecule has 1 fully saturated rings. The molecule has 0 amide bonds. The van der Waals surface area contributed by atoms with Gasteiger partial charge in [0.15, 0.2) is 12.0 Å². The normalized spacial score (nSPS) is 21.7. The molecule has 1 saturated heterocycles. The van der Waals surface area contributed by atoms with Crippen LogP contribution in [0.5, 0.6) is 5.75 Å². The zero-order chi connectivity index (χ0) is 10.5. The van der Waals surface area contributed by atoms with Crippen molar-refractivity contribution in [2.75, 3.05) is 13.2 Å². The van der Waals surface area contributed by atoms with Crippen molar-refractivity contribution in [2.24, 2.45) is 0 Å². The summed E-state index contributed by atoms with van der Waals surface area (Å²) in [6, 6.07) is 0. The van der Waals surface area contributed by atoms with Gasteiger partial charge in [-0.1, -0.05) is 0 Å². The summed E-state index contributed by atoms with van der Waals surface area (Å²) in [5.74, 6) is 0.184. The van der Waals surface area contributed by atoms with Crippen molar-refractivity contribution in [1.29, 1.82) is 0 Å². The third-order valence-electron chi connectivity index (χ3n) is 2.38. The molecule has 1 aromatic heterocycles.